The van der Waals surface area contributed by atoms with Gasteiger partial charge < -0.3 is 12.2 Å². The average molecular weight is 476 g/mol. The maximum atomic E-state index is 11.8. The summed E-state index contributed by atoms with van der Waals surface area (Å²) in [5, 5.41) is 0. The molecule has 30 heavy (non-hydrogen) atoms. The molecule has 0 atom stereocenters. The van der Waals surface area contributed by atoms with E-state index in [2.05, 4.69) is 42.2 Å². The minimum atomic E-state index is 0. The van der Waals surface area contributed by atoms with Gasteiger partial charge in [-0.3, -0.25) is 19.2 Å². The summed E-state index contributed by atoms with van der Waals surface area (Å²) in [6.07, 6.45) is 3.60. The third-order valence-corrected chi connectivity index (χ3v) is 4.64. The number of carbonyl (C=O) groups is 1. The van der Waals surface area contributed by atoms with Crippen molar-refractivity contribution in [2.24, 2.45) is 0 Å². The number of nitrogens with zero attached hydrogens (tertiary/aromatic N) is 3. The van der Waals surface area contributed by atoms with Gasteiger partial charge in [0.2, 0.25) is 0 Å². The molecular weight excluding hydrogens is 449 g/mol. The Kier molecular flexibility index (Phi) is 10.7. The fourth-order valence-corrected chi connectivity index (χ4v) is 3.27. The molecule has 2 heterocycles. The Hall–Kier alpha value is -2.24. The van der Waals surface area contributed by atoms with E-state index in [-0.39, 0.29) is 13.2 Å². The molecule has 3 rings (SSSR count). The number of ketones is 1. The van der Waals surface area contributed by atoms with Crippen LogP contribution in [-0.2, 0) is 28.2 Å². The molecule has 163 valence electrons. The van der Waals surface area contributed by atoms with Gasteiger partial charge in [0.05, 0.1) is 25.5 Å². The predicted octanol–water partition coefficient (Wildman–Crippen LogP) is 5.16. The zero-order valence-corrected chi connectivity index (χ0v) is 19.3. The first-order valence-electron chi connectivity index (χ1n) is 8.97. The molecule has 0 unspecified atom stereocenters. The van der Waals surface area contributed by atoms with E-state index in [0.29, 0.717) is 28.9 Å². The number of hydrogen-bond donors (Lipinski definition) is 0. The quantitative estimate of drug-likeness (QED) is 0.205. The van der Waals surface area contributed by atoms with Gasteiger partial charge in [0, 0.05) is 24.0 Å². The second kappa shape index (κ2) is 12.5. The summed E-state index contributed by atoms with van der Waals surface area (Å²) in [6, 6.07) is 17.5. The Balaban J connectivity index is 0.00000146. The number of ether oxygens (including phenoxy) is 1. The molecular formula is C23H27ClCuN3O2+. The zero-order chi connectivity index (χ0) is 21.3. The summed E-state index contributed by atoms with van der Waals surface area (Å²) in [4.78, 5) is 20.8. The van der Waals surface area contributed by atoms with Crippen LogP contribution in [0.25, 0.3) is 0 Å². The van der Waals surface area contributed by atoms with Crippen LogP contribution in [0.1, 0.15) is 28.7 Å². The van der Waals surface area contributed by atoms with E-state index in [1.165, 1.54) is 0 Å². The van der Waals surface area contributed by atoms with E-state index in [1.807, 2.05) is 54.6 Å². The molecule has 0 aliphatic rings. The number of benzene rings is 1. The standard InChI is InChI=1S/C22H24N3O2.CH3.ClH.Cu/c1-17(26)18-10-11-21(22(14-18)27-3)25(2,15-19-8-4-6-12-23-19)16-20-9-5-7-13-24-20;;;/h4-14H,15-16H2,1-3H3;1H3;1H;/q+1;-1;;+2/p-1. The van der Waals surface area contributed by atoms with Gasteiger partial charge in [-0.15, -0.1) is 0 Å². The maximum absolute atomic E-state index is 11.8. The normalized spacial score (nSPS) is 10.3. The van der Waals surface area contributed by atoms with Crippen LogP contribution in [0.15, 0.2) is 67.0 Å². The number of pyridine rings is 2. The SMILES string of the molecule is COc1cc(C(C)=O)ccc1[N+](C)(Cc1ccccn1)Cc1ccccn1.[CH3-].[Cl][Cu+]. The van der Waals surface area contributed by atoms with E-state index < -0.39 is 0 Å². The van der Waals surface area contributed by atoms with Crippen molar-refractivity contribution in [1.82, 2.24) is 14.5 Å². The van der Waals surface area contributed by atoms with Gasteiger partial charge in [-0.2, -0.15) is 0 Å². The predicted molar refractivity (Wildman–Crippen MR) is 119 cm³/mol. The monoisotopic (exact) mass is 475 g/mol. The number of hydrogen-bond acceptors (Lipinski definition) is 4. The van der Waals surface area contributed by atoms with Gasteiger partial charge in [0.25, 0.3) is 0 Å². The first-order valence-corrected chi connectivity index (χ1v) is 10.3. The Morgan fingerprint density at radius 2 is 1.53 bits per heavy atom. The van der Waals surface area contributed by atoms with Crippen molar-refractivity contribution in [2.75, 3.05) is 14.2 Å². The van der Waals surface area contributed by atoms with E-state index >= 15 is 0 Å². The first kappa shape index (κ1) is 25.8. The van der Waals surface area contributed by atoms with Gasteiger partial charge in [0.1, 0.15) is 13.1 Å². The van der Waals surface area contributed by atoms with Gasteiger partial charge in [-0.05, 0) is 43.3 Å². The van der Waals surface area contributed by atoms with Crippen molar-refractivity contribution in [3.63, 3.8) is 0 Å². The van der Waals surface area contributed by atoms with Gasteiger partial charge in [-0.25, -0.2) is 0 Å². The van der Waals surface area contributed by atoms with E-state index in [4.69, 9.17) is 4.74 Å². The van der Waals surface area contributed by atoms with Crippen LogP contribution in [-0.4, -0.2) is 29.9 Å². The molecule has 0 bridgehead atoms. The van der Waals surface area contributed by atoms with Crippen molar-refractivity contribution in [2.45, 2.75) is 20.0 Å². The first-order chi connectivity index (χ1) is 14.0. The van der Waals surface area contributed by atoms with Crippen LogP contribution >= 0.6 is 10.1 Å². The van der Waals surface area contributed by atoms with Crippen LogP contribution in [0.2, 0.25) is 0 Å². The molecule has 0 aliphatic carbocycles. The topological polar surface area (TPSA) is 52.1 Å². The summed E-state index contributed by atoms with van der Waals surface area (Å²) in [6.45, 7) is 2.91. The molecule has 0 spiro atoms. The second-order valence-corrected chi connectivity index (χ2v) is 6.80. The Morgan fingerprint density at radius 3 is 1.93 bits per heavy atom. The molecule has 0 aliphatic heterocycles. The molecule has 3 aromatic rings. The molecule has 0 N–H and O–H groups in total. The van der Waals surface area contributed by atoms with E-state index in [9.17, 15) is 4.79 Å². The summed E-state index contributed by atoms with van der Waals surface area (Å²) in [7, 11) is 7.97. The van der Waals surface area contributed by atoms with Gasteiger partial charge in [-0.1, -0.05) is 12.1 Å². The summed E-state index contributed by atoms with van der Waals surface area (Å²) in [5.41, 5.74) is 3.58. The van der Waals surface area contributed by atoms with Crippen LogP contribution < -0.4 is 9.22 Å². The number of carbonyl (C=O) groups excluding carboxylic acids is 1. The fourth-order valence-electron chi connectivity index (χ4n) is 3.27. The third kappa shape index (κ3) is 6.64. The van der Waals surface area contributed by atoms with Crippen LogP contribution in [0.3, 0.4) is 0 Å². The van der Waals surface area contributed by atoms with Gasteiger partial charge in [0.15, 0.2) is 17.2 Å². The van der Waals surface area contributed by atoms with Crippen LogP contribution in [0.5, 0.6) is 5.75 Å². The number of methoxy groups -OCH3 is 1. The van der Waals surface area contributed by atoms with Crippen molar-refractivity contribution in [3.05, 3.63) is 91.4 Å². The van der Waals surface area contributed by atoms with Crippen molar-refractivity contribution >= 4 is 21.6 Å². The molecule has 0 radical (unpaired) electrons. The molecule has 7 heteroatoms. The zero-order valence-electron chi connectivity index (χ0n) is 17.6. The van der Waals surface area contributed by atoms with Crippen molar-refractivity contribution in [1.29, 1.82) is 0 Å². The number of rotatable bonds is 7. The van der Waals surface area contributed by atoms with Crippen molar-refractivity contribution < 1.29 is 24.6 Å². The van der Waals surface area contributed by atoms with Crippen LogP contribution in [0, 0.1) is 7.43 Å². The summed E-state index contributed by atoms with van der Waals surface area (Å²) >= 11 is 3.66. The Bertz CT molecular complexity index is 883. The average Bonchev–Trinajstić information content (AvgIpc) is 2.76. The molecule has 0 fully saturated rings. The number of Topliss-reactive ketones (excluding diaryl/α,β-unsaturated/α-hetero) is 1. The fraction of sp³-hybridized carbons (Fsp3) is 0.217. The molecule has 0 saturated carbocycles. The third-order valence-electron chi connectivity index (χ3n) is 4.64. The molecule has 1 aromatic carbocycles. The van der Waals surface area contributed by atoms with Crippen molar-refractivity contribution in [3.8, 4) is 5.75 Å². The summed E-state index contributed by atoms with van der Waals surface area (Å²) < 4.78 is 6.17. The summed E-state index contributed by atoms with van der Waals surface area (Å²) in [5.74, 6) is 0.709. The molecule has 0 amide bonds. The second-order valence-electron chi connectivity index (χ2n) is 6.80. The molecule has 5 nitrogen and oxygen atoms in total. The number of halogens is 1. The van der Waals surface area contributed by atoms with Gasteiger partial charge >= 0.3 is 25.2 Å². The Morgan fingerprint density at radius 1 is 1.00 bits per heavy atom. The number of aromatic nitrogens is 2. The van der Waals surface area contributed by atoms with E-state index in [0.717, 1.165) is 17.1 Å². The Labute approximate surface area is 191 Å². The molecule has 2 aromatic heterocycles. The van der Waals surface area contributed by atoms with E-state index in [1.54, 1.807) is 26.4 Å². The van der Waals surface area contributed by atoms with Crippen LogP contribution in [0.4, 0.5) is 5.69 Å². The number of quaternary nitrogens is 1. The minimum absolute atomic E-state index is 0. The molecule has 0 saturated heterocycles.